The number of hydrogen-bond donors (Lipinski definition) is 1. The molecule has 0 unspecified atom stereocenters. The van der Waals surface area contributed by atoms with Crippen molar-refractivity contribution >= 4 is 0 Å². The molecule has 3 atom stereocenters. The van der Waals surface area contributed by atoms with E-state index in [1.54, 1.807) is 0 Å². The van der Waals surface area contributed by atoms with Crippen molar-refractivity contribution < 1.29 is 5.11 Å². The molecule has 2 heteroatoms. The first-order valence-electron chi connectivity index (χ1n) is 5.47. The van der Waals surface area contributed by atoms with Crippen LogP contribution in [0, 0.1) is 5.92 Å². The first-order chi connectivity index (χ1) is 6.06. The predicted molar refractivity (Wildman–Crippen MR) is 53.6 cm³/mol. The van der Waals surface area contributed by atoms with Crippen molar-refractivity contribution in [2.75, 3.05) is 7.05 Å². The van der Waals surface area contributed by atoms with E-state index in [0.717, 1.165) is 12.8 Å². The van der Waals surface area contributed by atoms with Gasteiger partial charge in [-0.2, -0.15) is 0 Å². The van der Waals surface area contributed by atoms with Crippen molar-refractivity contribution in [2.45, 2.75) is 57.2 Å². The Bertz CT molecular complexity index is 204. The van der Waals surface area contributed by atoms with Crippen LogP contribution in [-0.4, -0.2) is 34.7 Å². The fourth-order valence-electron chi connectivity index (χ4n) is 3.41. The van der Waals surface area contributed by atoms with Crippen LogP contribution < -0.4 is 0 Å². The maximum Gasteiger partial charge on any atom is 0.0572 e. The third-order valence-corrected chi connectivity index (χ3v) is 4.37. The minimum absolute atomic E-state index is 0.0499. The van der Waals surface area contributed by atoms with E-state index >= 15 is 0 Å². The second kappa shape index (κ2) is 2.96. The summed E-state index contributed by atoms with van der Waals surface area (Å²) in [6.45, 7) is 4.58. The van der Waals surface area contributed by atoms with Gasteiger partial charge >= 0.3 is 0 Å². The van der Waals surface area contributed by atoms with Crippen molar-refractivity contribution in [3.05, 3.63) is 0 Å². The van der Waals surface area contributed by atoms with E-state index in [-0.39, 0.29) is 6.10 Å². The van der Waals surface area contributed by atoms with Gasteiger partial charge in [0.25, 0.3) is 0 Å². The lowest BCUT2D eigenvalue weighted by molar-refractivity contribution is -0.0270. The SMILES string of the molecule is CC(C)[C@]12CC[C@H](C[C@H](O)C1)N2C. The Balaban J connectivity index is 2.25. The lowest BCUT2D eigenvalue weighted by atomic mass is 9.78. The van der Waals surface area contributed by atoms with E-state index < -0.39 is 0 Å². The molecule has 2 aliphatic rings. The van der Waals surface area contributed by atoms with Crippen molar-refractivity contribution in [3.8, 4) is 0 Å². The highest BCUT2D eigenvalue weighted by atomic mass is 16.3. The van der Waals surface area contributed by atoms with Crippen LogP contribution in [0.4, 0.5) is 0 Å². The largest absolute Gasteiger partial charge is 0.393 e. The quantitative estimate of drug-likeness (QED) is 0.668. The average Bonchev–Trinajstić information content (AvgIpc) is 2.31. The van der Waals surface area contributed by atoms with E-state index in [0.29, 0.717) is 17.5 Å². The fourth-order valence-corrected chi connectivity index (χ4v) is 3.41. The van der Waals surface area contributed by atoms with Gasteiger partial charge in [0.2, 0.25) is 0 Å². The van der Waals surface area contributed by atoms with Gasteiger partial charge in [-0.05, 0) is 38.6 Å². The first-order valence-corrected chi connectivity index (χ1v) is 5.47. The molecule has 2 rings (SSSR count). The number of hydrogen-bond acceptors (Lipinski definition) is 2. The van der Waals surface area contributed by atoms with E-state index in [2.05, 4.69) is 25.8 Å². The number of piperidine rings is 1. The lowest BCUT2D eigenvalue weighted by Gasteiger charge is -2.47. The van der Waals surface area contributed by atoms with Gasteiger partial charge in [0, 0.05) is 11.6 Å². The van der Waals surface area contributed by atoms with Crippen molar-refractivity contribution in [1.82, 2.24) is 4.90 Å². The highest BCUT2D eigenvalue weighted by molar-refractivity contribution is 5.06. The molecular formula is C11H21NO. The zero-order valence-electron chi connectivity index (χ0n) is 8.95. The standard InChI is InChI=1S/C11H21NO/c1-8(2)11-5-4-9(12(11)3)6-10(13)7-11/h8-10,13H,4-7H2,1-3H3/t9-,10+,11+/m1/s1. The topological polar surface area (TPSA) is 23.5 Å². The summed E-state index contributed by atoms with van der Waals surface area (Å²) in [6, 6.07) is 0.645. The second-order valence-corrected chi connectivity index (χ2v) is 5.16. The maximum atomic E-state index is 9.80. The van der Waals surface area contributed by atoms with Crippen molar-refractivity contribution in [1.29, 1.82) is 0 Å². The summed E-state index contributed by atoms with van der Waals surface area (Å²) in [5, 5.41) is 9.80. The van der Waals surface area contributed by atoms with Crippen LogP contribution >= 0.6 is 0 Å². The summed E-state index contributed by atoms with van der Waals surface area (Å²) in [4.78, 5) is 2.53. The molecular weight excluding hydrogens is 162 g/mol. The highest BCUT2D eigenvalue weighted by Crippen LogP contribution is 2.46. The van der Waals surface area contributed by atoms with Gasteiger partial charge in [0.1, 0.15) is 0 Å². The summed E-state index contributed by atoms with van der Waals surface area (Å²) >= 11 is 0. The zero-order valence-corrected chi connectivity index (χ0v) is 8.95. The molecule has 0 spiro atoms. The molecule has 2 nitrogen and oxygen atoms in total. The Kier molecular flexibility index (Phi) is 2.16. The number of aliphatic hydroxyl groups excluding tert-OH is 1. The second-order valence-electron chi connectivity index (χ2n) is 5.16. The first kappa shape index (κ1) is 9.47. The van der Waals surface area contributed by atoms with Gasteiger partial charge in [-0.1, -0.05) is 13.8 Å². The van der Waals surface area contributed by atoms with E-state index in [4.69, 9.17) is 0 Å². The van der Waals surface area contributed by atoms with E-state index in [1.807, 2.05) is 0 Å². The predicted octanol–water partition coefficient (Wildman–Crippen LogP) is 1.63. The number of nitrogens with zero attached hydrogens (tertiary/aromatic N) is 1. The van der Waals surface area contributed by atoms with Gasteiger partial charge in [-0.3, -0.25) is 4.90 Å². The molecule has 2 heterocycles. The molecule has 0 aromatic carbocycles. The summed E-state index contributed by atoms with van der Waals surface area (Å²) in [6.07, 6.45) is 4.49. The Labute approximate surface area is 80.9 Å². The molecule has 0 amide bonds. The van der Waals surface area contributed by atoms with E-state index in [9.17, 15) is 5.11 Å². The Morgan fingerprint density at radius 2 is 2.15 bits per heavy atom. The Hall–Kier alpha value is -0.0800. The summed E-state index contributed by atoms with van der Waals surface area (Å²) in [5.74, 6) is 0.664. The molecule has 0 aliphatic carbocycles. The van der Waals surface area contributed by atoms with Crippen molar-refractivity contribution in [3.63, 3.8) is 0 Å². The van der Waals surface area contributed by atoms with Gasteiger partial charge < -0.3 is 5.11 Å². The molecule has 76 valence electrons. The molecule has 2 aliphatic heterocycles. The number of rotatable bonds is 1. The molecule has 2 saturated heterocycles. The third-order valence-electron chi connectivity index (χ3n) is 4.37. The van der Waals surface area contributed by atoms with Crippen LogP contribution in [0.3, 0.4) is 0 Å². The molecule has 1 N–H and O–H groups in total. The lowest BCUT2D eigenvalue weighted by Crippen LogP contribution is -2.54. The van der Waals surface area contributed by atoms with E-state index in [1.165, 1.54) is 12.8 Å². The summed E-state index contributed by atoms with van der Waals surface area (Å²) in [7, 11) is 2.24. The zero-order chi connectivity index (χ0) is 9.64. The number of aliphatic hydroxyl groups is 1. The smallest absolute Gasteiger partial charge is 0.0572 e. The molecule has 2 fully saturated rings. The van der Waals surface area contributed by atoms with Gasteiger partial charge in [0.15, 0.2) is 0 Å². The third kappa shape index (κ3) is 1.23. The Morgan fingerprint density at radius 1 is 1.46 bits per heavy atom. The van der Waals surface area contributed by atoms with Gasteiger partial charge in [-0.25, -0.2) is 0 Å². The fraction of sp³-hybridized carbons (Fsp3) is 1.00. The van der Waals surface area contributed by atoms with Crippen molar-refractivity contribution in [2.24, 2.45) is 5.92 Å². The van der Waals surface area contributed by atoms with Gasteiger partial charge in [0.05, 0.1) is 6.10 Å². The van der Waals surface area contributed by atoms with Gasteiger partial charge in [-0.15, -0.1) is 0 Å². The average molecular weight is 183 g/mol. The minimum atomic E-state index is -0.0499. The molecule has 13 heavy (non-hydrogen) atoms. The molecule has 0 aromatic heterocycles. The van der Waals surface area contributed by atoms with Crippen LogP contribution in [0.15, 0.2) is 0 Å². The van der Waals surface area contributed by atoms with Crippen LogP contribution in [0.1, 0.15) is 39.5 Å². The summed E-state index contributed by atoms with van der Waals surface area (Å²) in [5.41, 5.74) is 0.308. The van der Waals surface area contributed by atoms with Crippen LogP contribution in [0.25, 0.3) is 0 Å². The van der Waals surface area contributed by atoms with Crippen LogP contribution in [0.2, 0.25) is 0 Å². The monoisotopic (exact) mass is 183 g/mol. The molecule has 2 bridgehead atoms. The van der Waals surface area contributed by atoms with Crippen LogP contribution in [0.5, 0.6) is 0 Å². The molecule has 0 saturated carbocycles. The number of fused-ring (bicyclic) bond motifs is 2. The Morgan fingerprint density at radius 3 is 2.77 bits per heavy atom. The highest BCUT2D eigenvalue weighted by Gasteiger charge is 2.50. The van der Waals surface area contributed by atoms with Crippen LogP contribution in [-0.2, 0) is 0 Å². The molecule has 0 aromatic rings. The minimum Gasteiger partial charge on any atom is -0.393 e. The summed E-state index contributed by atoms with van der Waals surface area (Å²) < 4.78 is 0. The normalized spacial score (nSPS) is 45.9. The molecule has 0 radical (unpaired) electrons. The maximum absolute atomic E-state index is 9.80.